The summed E-state index contributed by atoms with van der Waals surface area (Å²) in [4.78, 5) is 11.9. The fourth-order valence-corrected chi connectivity index (χ4v) is 2.88. The van der Waals surface area contributed by atoms with E-state index in [1.165, 1.54) is 12.3 Å². The summed E-state index contributed by atoms with van der Waals surface area (Å²) < 4.78 is 82.7. The molecule has 0 spiro atoms. The molecule has 0 radical (unpaired) electrons. The standard InChI is InChI=1S/C21H15F6N3O2S/c22-20(23,24)13-8-14(21(25,26)27)10-16(9-13)30-19(33)28-11-12-3-5-15(6-4-12)29-18(31)17-2-1-7-32-17/h1-10H,11H2,(H,29,31)(H2,28,30,33). The molecule has 0 aliphatic heterocycles. The van der Waals surface area contributed by atoms with Gasteiger partial charge in [0.05, 0.1) is 17.4 Å². The molecule has 0 saturated carbocycles. The van der Waals surface area contributed by atoms with Crippen molar-refractivity contribution in [3.63, 3.8) is 0 Å². The van der Waals surface area contributed by atoms with Crippen molar-refractivity contribution >= 4 is 34.6 Å². The number of carbonyl (C=O) groups excluding carboxylic acids is 1. The lowest BCUT2D eigenvalue weighted by Gasteiger charge is -2.16. The summed E-state index contributed by atoms with van der Waals surface area (Å²) in [5, 5.41) is 7.51. The number of benzene rings is 2. The molecule has 5 nitrogen and oxygen atoms in total. The first kappa shape index (κ1) is 24.1. The second-order valence-corrected chi connectivity index (χ2v) is 7.14. The van der Waals surface area contributed by atoms with Crippen molar-refractivity contribution in [1.82, 2.24) is 5.32 Å². The summed E-state index contributed by atoms with van der Waals surface area (Å²) in [6, 6.07) is 10.7. The molecule has 174 valence electrons. The molecule has 1 amide bonds. The number of hydrogen-bond donors (Lipinski definition) is 3. The van der Waals surface area contributed by atoms with Gasteiger partial charge in [0.25, 0.3) is 5.91 Å². The van der Waals surface area contributed by atoms with Gasteiger partial charge in [0.1, 0.15) is 0 Å². The molecule has 3 rings (SSSR count). The second-order valence-electron chi connectivity index (χ2n) is 6.73. The van der Waals surface area contributed by atoms with Crippen molar-refractivity contribution < 1.29 is 35.6 Å². The number of anilines is 2. The molecule has 12 heteroatoms. The Hall–Kier alpha value is -3.54. The Balaban J connectivity index is 1.60. The zero-order valence-electron chi connectivity index (χ0n) is 16.5. The molecular weight excluding hydrogens is 472 g/mol. The maximum Gasteiger partial charge on any atom is 0.416 e. The van der Waals surface area contributed by atoms with E-state index < -0.39 is 35.1 Å². The first-order valence-electron chi connectivity index (χ1n) is 9.20. The maximum atomic E-state index is 13.0. The number of carbonyl (C=O) groups is 1. The van der Waals surface area contributed by atoms with Crippen LogP contribution in [0.1, 0.15) is 27.2 Å². The molecule has 0 bridgehead atoms. The molecule has 0 saturated heterocycles. The molecule has 3 aromatic rings. The Bertz CT molecular complexity index is 1090. The minimum absolute atomic E-state index is 0.0356. The molecule has 1 heterocycles. The number of furan rings is 1. The first-order valence-corrected chi connectivity index (χ1v) is 9.61. The average Bonchev–Trinajstić information content (AvgIpc) is 3.27. The molecule has 0 unspecified atom stereocenters. The van der Waals surface area contributed by atoms with Gasteiger partial charge in [0.15, 0.2) is 10.9 Å². The predicted molar refractivity (Wildman–Crippen MR) is 113 cm³/mol. The molecule has 0 aliphatic carbocycles. The third-order valence-corrected chi connectivity index (χ3v) is 4.50. The van der Waals surface area contributed by atoms with Crippen LogP contribution in [0.4, 0.5) is 37.7 Å². The van der Waals surface area contributed by atoms with Crippen molar-refractivity contribution in [2.45, 2.75) is 18.9 Å². The Morgan fingerprint density at radius 3 is 1.97 bits per heavy atom. The van der Waals surface area contributed by atoms with Crippen LogP contribution in [-0.2, 0) is 18.9 Å². The van der Waals surface area contributed by atoms with E-state index in [0.29, 0.717) is 23.4 Å². The van der Waals surface area contributed by atoms with Crippen molar-refractivity contribution in [3.05, 3.63) is 83.3 Å². The van der Waals surface area contributed by atoms with Crippen LogP contribution in [0.3, 0.4) is 0 Å². The number of rotatable bonds is 5. The molecule has 2 aromatic carbocycles. The van der Waals surface area contributed by atoms with Gasteiger partial charge in [0.2, 0.25) is 0 Å². The van der Waals surface area contributed by atoms with Crippen LogP contribution in [0.25, 0.3) is 0 Å². The zero-order chi connectivity index (χ0) is 24.2. The van der Waals surface area contributed by atoms with E-state index in [0.717, 1.165) is 0 Å². The lowest BCUT2D eigenvalue weighted by atomic mass is 10.1. The van der Waals surface area contributed by atoms with E-state index in [2.05, 4.69) is 16.0 Å². The number of thiocarbonyl (C=S) groups is 1. The fraction of sp³-hybridized carbons (Fsp3) is 0.143. The molecule has 1 aromatic heterocycles. The number of alkyl halides is 6. The number of halogens is 6. The highest BCUT2D eigenvalue weighted by Gasteiger charge is 2.37. The predicted octanol–water partition coefficient (Wildman–Crippen LogP) is 6.06. The quantitative estimate of drug-likeness (QED) is 0.302. The van der Waals surface area contributed by atoms with E-state index in [1.54, 1.807) is 30.3 Å². The van der Waals surface area contributed by atoms with Crippen molar-refractivity contribution in [1.29, 1.82) is 0 Å². The second kappa shape index (κ2) is 9.53. The van der Waals surface area contributed by atoms with Crippen LogP contribution >= 0.6 is 12.2 Å². The minimum atomic E-state index is -4.96. The third-order valence-electron chi connectivity index (χ3n) is 4.26. The fourth-order valence-electron chi connectivity index (χ4n) is 2.69. The van der Waals surface area contributed by atoms with Crippen LogP contribution < -0.4 is 16.0 Å². The van der Waals surface area contributed by atoms with E-state index in [9.17, 15) is 31.1 Å². The summed E-state index contributed by atoms with van der Waals surface area (Å²) in [6.07, 6.45) is -8.55. The van der Waals surface area contributed by atoms with Gasteiger partial charge in [-0.2, -0.15) is 26.3 Å². The van der Waals surface area contributed by atoms with Gasteiger partial charge < -0.3 is 20.4 Å². The Morgan fingerprint density at radius 1 is 0.848 bits per heavy atom. The van der Waals surface area contributed by atoms with E-state index in [1.807, 2.05) is 0 Å². The lowest BCUT2D eigenvalue weighted by molar-refractivity contribution is -0.143. The van der Waals surface area contributed by atoms with Crippen LogP contribution in [0.5, 0.6) is 0 Å². The van der Waals surface area contributed by atoms with Gasteiger partial charge in [0, 0.05) is 17.9 Å². The van der Waals surface area contributed by atoms with Crippen LogP contribution in [0.15, 0.2) is 65.3 Å². The smallest absolute Gasteiger partial charge is 0.416 e. The van der Waals surface area contributed by atoms with Gasteiger partial charge in [-0.25, -0.2) is 0 Å². The molecule has 0 fully saturated rings. The van der Waals surface area contributed by atoms with Crippen LogP contribution in [-0.4, -0.2) is 11.0 Å². The normalized spacial score (nSPS) is 11.7. The van der Waals surface area contributed by atoms with E-state index in [-0.39, 0.29) is 23.5 Å². The summed E-state index contributed by atoms with van der Waals surface area (Å²) in [5.74, 6) is -0.295. The number of amides is 1. The molecule has 0 aliphatic rings. The highest BCUT2D eigenvalue weighted by molar-refractivity contribution is 7.80. The first-order chi connectivity index (χ1) is 15.4. The topological polar surface area (TPSA) is 66.3 Å². The molecule has 0 atom stereocenters. The average molecular weight is 487 g/mol. The largest absolute Gasteiger partial charge is 0.459 e. The van der Waals surface area contributed by atoms with E-state index in [4.69, 9.17) is 16.6 Å². The number of hydrogen-bond acceptors (Lipinski definition) is 3. The van der Waals surface area contributed by atoms with Gasteiger partial charge in [-0.3, -0.25) is 4.79 Å². The highest BCUT2D eigenvalue weighted by Crippen LogP contribution is 2.37. The summed E-state index contributed by atoms with van der Waals surface area (Å²) in [7, 11) is 0. The SMILES string of the molecule is O=C(Nc1ccc(CNC(=S)Nc2cc(C(F)(F)F)cc(C(F)(F)F)c2)cc1)c1ccco1. The summed E-state index contributed by atoms with van der Waals surface area (Å²) in [6.45, 7) is 0.128. The Labute approximate surface area is 188 Å². The third kappa shape index (κ3) is 6.72. The van der Waals surface area contributed by atoms with E-state index >= 15 is 0 Å². The maximum absolute atomic E-state index is 13.0. The number of nitrogens with one attached hydrogen (secondary N) is 3. The molecule has 3 N–H and O–H groups in total. The minimum Gasteiger partial charge on any atom is -0.459 e. The Morgan fingerprint density at radius 2 is 1.45 bits per heavy atom. The highest BCUT2D eigenvalue weighted by atomic mass is 32.1. The van der Waals surface area contributed by atoms with Crippen molar-refractivity contribution in [2.24, 2.45) is 0 Å². The zero-order valence-corrected chi connectivity index (χ0v) is 17.3. The van der Waals surface area contributed by atoms with Gasteiger partial charge in [-0.05, 0) is 60.2 Å². The van der Waals surface area contributed by atoms with Crippen molar-refractivity contribution in [3.8, 4) is 0 Å². The van der Waals surface area contributed by atoms with Crippen molar-refractivity contribution in [2.75, 3.05) is 10.6 Å². The van der Waals surface area contributed by atoms with Gasteiger partial charge >= 0.3 is 12.4 Å². The summed E-state index contributed by atoms with van der Waals surface area (Å²) in [5.41, 5.74) is -2.17. The monoisotopic (exact) mass is 487 g/mol. The Kier molecular flexibility index (Phi) is 6.96. The summed E-state index contributed by atoms with van der Waals surface area (Å²) >= 11 is 4.98. The van der Waals surface area contributed by atoms with Gasteiger partial charge in [-0.1, -0.05) is 12.1 Å². The van der Waals surface area contributed by atoms with Crippen LogP contribution in [0, 0.1) is 0 Å². The molecule has 33 heavy (non-hydrogen) atoms. The van der Waals surface area contributed by atoms with Crippen LogP contribution in [0.2, 0.25) is 0 Å². The van der Waals surface area contributed by atoms with Gasteiger partial charge in [-0.15, -0.1) is 0 Å². The lowest BCUT2D eigenvalue weighted by Crippen LogP contribution is -2.28. The molecular formula is C21H15F6N3O2S.